The van der Waals surface area contributed by atoms with Crippen LogP contribution in [0.5, 0.6) is 0 Å². The van der Waals surface area contributed by atoms with E-state index in [-0.39, 0.29) is 0 Å². The zero-order chi connectivity index (χ0) is 29.7. The highest BCUT2D eigenvalue weighted by Crippen LogP contribution is 2.18. The Bertz CT molecular complexity index is 1040. The number of hydrogen-bond acceptors (Lipinski definition) is 6. The number of amides is 1. The van der Waals surface area contributed by atoms with Crippen molar-refractivity contribution in [2.24, 2.45) is 0 Å². The van der Waals surface area contributed by atoms with Crippen molar-refractivity contribution < 1.29 is 29.0 Å². The Hall–Kier alpha value is -3.45. The van der Waals surface area contributed by atoms with Crippen molar-refractivity contribution >= 4 is 17.8 Å². The Labute approximate surface area is 245 Å². The van der Waals surface area contributed by atoms with Crippen LogP contribution < -0.4 is 5.32 Å². The third kappa shape index (κ3) is 13.6. The fraction of sp³-hybridized carbons (Fsp3) is 0.500. The van der Waals surface area contributed by atoms with Gasteiger partial charge in [-0.15, -0.1) is 0 Å². The first-order valence-electron chi connectivity index (χ1n) is 15.0. The summed E-state index contributed by atoms with van der Waals surface area (Å²) in [7, 11) is 0. The third-order valence-electron chi connectivity index (χ3n) is 6.86. The Morgan fingerprint density at radius 1 is 0.756 bits per heavy atom. The molecule has 0 radical (unpaired) electrons. The molecule has 1 amide bonds. The molecule has 224 valence electrons. The van der Waals surface area contributed by atoms with Gasteiger partial charge in [-0.2, -0.15) is 0 Å². The highest BCUT2D eigenvalue weighted by molar-refractivity contribution is 5.90. The second-order valence-corrected chi connectivity index (χ2v) is 10.4. The average molecular weight is 566 g/mol. The summed E-state index contributed by atoms with van der Waals surface area (Å²) in [6, 6.07) is 16.0. The number of nitrogens with one attached hydrogen (secondary N) is 1. The fourth-order valence-corrected chi connectivity index (χ4v) is 4.60. The first-order valence-corrected chi connectivity index (χ1v) is 15.0. The lowest BCUT2D eigenvalue weighted by Crippen LogP contribution is -2.52. The Kier molecular flexibility index (Phi) is 16.8. The molecule has 0 saturated carbocycles. The molecule has 0 aliphatic heterocycles. The summed E-state index contributed by atoms with van der Waals surface area (Å²) in [5.74, 6) is -1.66. The number of carbonyl (C=O) groups is 3. The van der Waals surface area contributed by atoms with Crippen LogP contribution in [0.2, 0.25) is 0 Å². The summed E-state index contributed by atoms with van der Waals surface area (Å²) in [5, 5.41) is 12.8. The minimum atomic E-state index is -1.16. The lowest BCUT2D eigenvalue weighted by Gasteiger charge is -2.31. The van der Waals surface area contributed by atoms with Gasteiger partial charge in [0.25, 0.3) is 0 Å². The third-order valence-corrected chi connectivity index (χ3v) is 6.86. The van der Waals surface area contributed by atoms with Gasteiger partial charge in [0.2, 0.25) is 5.91 Å². The van der Waals surface area contributed by atoms with Crippen LogP contribution in [0.3, 0.4) is 0 Å². The quantitative estimate of drug-likeness (QED) is 0.104. The molecular weight excluding hydrogens is 518 g/mol. The Morgan fingerprint density at radius 2 is 1.24 bits per heavy atom. The predicted octanol–water partition coefficient (Wildman–Crippen LogP) is 6.80. The molecule has 0 aliphatic carbocycles. The molecule has 2 aromatic carbocycles. The van der Waals surface area contributed by atoms with Crippen LogP contribution in [0.15, 0.2) is 72.8 Å². The van der Waals surface area contributed by atoms with Crippen LogP contribution >= 0.6 is 0 Å². The van der Waals surface area contributed by atoms with Gasteiger partial charge in [-0.25, -0.2) is 9.59 Å². The van der Waals surface area contributed by atoms with Gasteiger partial charge in [0.15, 0.2) is 12.2 Å². The van der Waals surface area contributed by atoms with Crippen molar-refractivity contribution in [2.75, 3.05) is 6.61 Å². The molecule has 0 aromatic heterocycles. The summed E-state index contributed by atoms with van der Waals surface area (Å²) < 4.78 is 11.6. The lowest BCUT2D eigenvalue weighted by molar-refractivity contribution is -0.121. The topological polar surface area (TPSA) is 102 Å². The highest BCUT2D eigenvalue weighted by Gasteiger charge is 2.35. The average Bonchev–Trinajstić information content (AvgIpc) is 2.99. The van der Waals surface area contributed by atoms with E-state index in [0.29, 0.717) is 11.1 Å². The largest absolute Gasteiger partial charge is 0.452 e. The first kappa shape index (κ1) is 33.8. The number of unbranched alkanes of at least 4 members (excludes halogenated alkanes) is 10. The molecule has 7 nitrogen and oxygen atoms in total. The first-order chi connectivity index (χ1) is 20.0. The van der Waals surface area contributed by atoms with E-state index in [1.54, 1.807) is 66.7 Å². The number of carbonyl (C=O) groups excluding carboxylic acids is 3. The number of esters is 2. The van der Waals surface area contributed by atoms with Crippen molar-refractivity contribution in [2.45, 2.75) is 103 Å². The van der Waals surface area contributed by atoms with Crippen molar-refractivity contribution in [3.8, 4) is 0 Å². The van der Waals surface area contributed by atoms with Gasteiger partial charge in [0, 0.05) is 6.92 Å². The molecule has 0 fully saturated rings. The summed E-state index contributed by atoms with van der Waals surface area (Å²) in [4.78, 5) is 38.0. The summed E-state index contributed by atoms with van der Waals surface area (Å²) in [6.07, 6.45) is 14.5. The molecule has 2 aromatic rings. The van der Waals surface area contributed by atoms with Crippen LogP contribution in [0, 0.1) is 0 Å². The number of aliphatic hydroxyl groups excluding tert-OH is 1. The number of benzene rings is 2. The molecule has 0 spiro atoms. The molecular formula is C34H47NO6. The predicted molar refractivity (Wildman–Crippen MR) is 162 cm³/mol. The molecule has 2 rings (SSSR count). The minimum absolute atomic E-state index is 0.305. The number of allylic oxidation sites excluding steroid dienone is 1. The molecule has 0 saturated heterocycles. The second kappa shape index (κ2) is 20.4. The number of rotatable bonds is 20. The fourth-order valence-electron chi connectivity index (χ4n) is 4.60. The van der Waals surface area contributed by atoms with Gasteiger partial charge in [0.1, 0.15) is 0 Å². The number of ether oxygens (including phenoxy) is 2. The zero-order valence-electron chi connectivity index (χ0n) is 24.6. The van der Waals surface area contributed by atoms with Crippen LogP contribution in [0.25, 0.3) is 0 Å². The molecule has 3 atom stereocenters. The molecule has 41 heavy (non-hydrogen) atoms. The van der Waals surface area contributed by atoms with Crippen LogP contribution in [-0.2, 0) is 14.3 Å². The van der Waals surface area contributed by atoms with E-state index in [1.165, 1.54) is 58.3 Å². The van der Waals surface area contributed by atoms with Gasteiger partial charge < -0.3 is 19.9 Å². The summed E-state index contributed by atoms with van der Waals surface area (Å²) >= 11 is 0. The number of hydrogen-bond donors (Lipinski definition) is 2. The van der Waals surface area contributed by atoms with Gasteiger partial charge in [-0.05, 0) is 43.2 Å². The molecule has 0 bridgehead atoms. The number of aliphatic hydroxyl groups is 1. The van der Waals surface area contributed by atoms with Crippen LogP contribution in [-0.4, -0.2) is 47.8 Å². The normalized spacial score (nSPS) is 13.3. The van der Waals surface area contributed by atoms with Gasteiger partial charge >= 0.3 is 11.9 Å². The van der Waals surface area contributed by atoms with Gasteiger partial charge in [-0.3, -0.25) is 4.79 Å². The van der Waals surface area contributed by atoms with E-state index in [9.17, 15) is 19.5 Å². The SMILES string of the molecule is CCCCCCCCCCCC/C=C/[C@@H](OC(=O)c1ccccc1)[C@@H](OC(=O)c1ccccc1)[C@H](CO)NC(C)=O. The van der Waals surface area contributed by atoms with Crippen molar-refractivity contribution in [1.82, 2.24) is 5.32 Å². The van der Waals surface area contributed by atoms with Gasteiger partial charge in [0.05, 0.1) is 23.8 Å². The maximum atomic E-state index is 13.0. The summed E-state index contributed by atoms with van der Waals surface area (Å²) in [5.41, 5.74) is 0.647. The lowest BCUT2D eigenvalue weighted by atomic mass is 10.0. The van der Waals surface area contributed by atoms with E-state index in [2.05, 4.69) is 12.2 Å². The maximum absolute atomic E-state index is 13.0. The molecule has 0 unspecified atom stereocenters. The van der Waals surface area contributed by atoms with E-state index in [4.69, 9.17) is 9.47 Å². The highest BCUT2D eigenvalue weighted by atomic mass is 16.6. The molecule has 2 N–H and O–H groups in total. The van der Waals surface area contributed by atoms with Crippen LogP contribution in [0.4, 0.5) is 0 Å². The van der Waals surface area contributed by atoms with E-state index in [1.807, 2.05) is 6.08 Å². The van der Waals surface area contributed by atoms with Crippen molar-refractivity contribution in [1.29, 1.82) is 0 Å². The van der Waals surface area contributed by atoms with Crippen molar-refractivity contribution in [3.63, 3.8) is 0 Å². The van der Waals surface area contributed by atoms with E-state index < -0.39 is 42.7 Å². The minimum Gasteiger partial charge on any atom is -0.452 e. The zero-order valence-corrected chi connectivity index (χ0v) is 24.6. The smallest absolute Gasteiger partial charge is 0.338 e. The Morgan fingerprint density at radius 3 is 1.73 bits per heavy atom. The monoisotopic (exact) mass is 565 g/mol. The van der Waals surface area contributed by atoms with E-state index >= 15 is 0 Å². The van der Waals surface area contributed by atoms with Crippen LogP contribution in [0.1, 0.15) is 105 Å². The van der Waals surface area contributed by atoms with Gasteiger partial charge in [-0.1, -0.05) is 107 Å². The molecule has 0 heterocycles. The standard InChI is InChI=1S/C34H47NO6/c1-3-4-5-6-7-8-9-10-11-12-13-20-25-31(40-33(38)28-21-16-14-17-22-28)32(30(26-36)35-27(2)37)41-34(39)29-23-18-15-19-24-29/h14-25,30-32,36H,3-13,26H2,1-2H3,(H,35,37)/b25-20+/t30-,31+,32-/m0/s1. The molecule has 7 heteroatoms. The van der Waals surface area contributed by atoms with E-state index in [0.717, 1.165) is 19.3 Å². The van der Waals surface area contributed by atoms with Crippen molar-refractivity contribution in [3.05, 3.63) is 83.9 Å². The second-order valence-electron chi connectivity index (χ2n) is 10.4. The molecule has 0 aliphatic rings. The summed E-state index contributed by atoms with van der Waals surface area (Å²) in [6.45, 7) is 3.03. The maximum Gasteiger partial charge on any atom is 0.338 e. The Balaban J connectivity index is 2.11.